The van der Waals surface area contributed by atoms with Gasteiger partial charge < -0.3 is 4.74 Å². The lowest BCUT2D eigenvalue weighted by Gasteiger charge is -1.92. The van der Waals surface area contributed by atoms with Crippen LogP contribution in [0.3, 0.4) is 0 Å². The van der Waals surface area contributed by atoms with Gasteiger partial charge in [0.2, 0.25) is 0 Å². The first-order valence-electron chi connectivity index (χ1n) is 5.22. The van der Waals surface area contributed by atoms with Crippen LogP contribution in [0.2, 0.25) is 0 Å². The molecule has 17 heavy (non-hydrogen) atoms. The number of hydrogen-bond donors (Lipinski definition) is 0. The fourth-order valence-electron chi connectivity index (χ4n) is 1.34. The third kappa shape index (κ3) is 4.93. The van der Waals surface area contributed by atoms with Crippen molar-refractivity contribution in [1.82, 2.24) is 0 Å². The van der Waals surface area contributed by atoms with Gasteiger partial charge in [-0.05, 0) is 10.8 Å². The molecule has 0 atom stereocenters. The Morgan fingerprint density at radius 1 is 0.765 bits per heavy atom. The van der Waals surface area contributed by atoms with Gasteiger partial charge in [-0.25, -0.2) is 0 Å². The standard InChI is InChI=1S/C10H8.C4H6O3/c1-2-6-10-8-4-3-7-9(10)5-1;1-3(5)7-4(2)6/h1-8H;1-2H3. The lowest BCUT2D eigenvalue weighted by atomic mass is 10.1. The molecule has 0 bridgehead atoms. The zero-order chi connectivity index (χ0) is 12.7. The first-order chi connectivity index (χ1) is 8.09. The molecule has 0 radical (unpaired) electrons. The molecule has 88 valence electrons. The number of fused-ring (bicyclic) bond motifs is 1. The molecule has 0 aromatic heterocycles. The van der Waals surface area contributed by atoms with Gasteiger partial charge in [-0.3, -0.25) is 9.59 Å². The Balaban J connectivity index is 0.000000185. The van der Waals surface area contributed by atoms with Crippen molar-refractivity contribution in [3.63, 3.8) is 0 Å². The van der Waals surface area contributed by atoms with Crippen LogP contribution in [-0.2, 0) is 14.3 Å². The molecule has 0 aliphatic heterocycles. The Bertz CT molecular complexity index is 440. The minimum atomic E-state index is -0.562. The van der Waals surface area contributed by atoms with Crippen molar-refractivity contribution in [3.05, 3.63) is 48.5 Å². The van der Waals surface area contributed by atoms with Crippen LogP contribution >= 0.6 is 0 Å². The highest BCUT2D eigenvalue weighted by molar-refractivity contribution is 5.82. The van der Waals surface area contributed by atoms with E-state index in [-0.39, 0.29) is 0 Å². The number of carbonyl (C=O) groups is 2. The number of benzene rings is 2. The largest absolute Gasteiger partial charge is 0.394 e. The predicted molar refractivity (Wildman–Crippen MR) is 66.4 cm³/mol. The zero-order valence-corrected chi connectivity index (χ0v) is 9.84. The molecule has 0 aliphatic carbocycles. The van der Waals surface area contributed by atoms with Crippen molar-refractivity contribution in [2.45, 2.75) is 13.8 Å². The maximum atomic E-state index is 9.81. The van der Waals surface area contributed by atoms with Crippen LogP contribution in [0.5, 0.6) is 0 Å². The average Bonchev–Trinajstić information content (AvgIpc) is 2.28. The van der Waals surface area contributed by atoms with Gasteiger partial charge in [0.05, 0.1) is 0 Å². The van der Waals surface area contributed by atoms with Gasteiger partial charge in [-0.1, -0.05) is 48.5 Å². The molecule has 0 amide bonds. The Kier molecular flexibility index (Phi) is 4.88. The van der Waals surface area contributed by atoms with E-state index in [2.05, 4.69) is 53.3 Å². The van der Waals surface area contributed by atoms with Crippen molar-refractivity contribution in [1.29, 1.82) is 0 Å². The summed E-state index contributed by atoms with van der Waals surface area (Å²) in [7, 11) is 0. The summed E-state index contributed by atoms with van der Waals surface area (Å²) in [5.74, 6) is -1.12. The van der Waals surface area contributed by atoms with Crippen molar-refractivity contribution in [2.75, 3.05) is 0 Å². The van der Waals surface area contributed by atoms with Gasteiger partial charge in [0.15, 0.2) is 0 Å². The quantitative estimate of drug-likeness (QED) is 0.516. The molecule has 0 saturated carbocycles. The van der Waals surface area contributed by atoms with E-state index < -0.39 is 11.9 Å². The Morgan fingerprint density at radius 2 is 1.06 bits per heavy atom. The Labute approximate surface area is 100 Å². The second-order valence-electron chi connectivity index (χ2n) is 3.43. The molecule has 2 rings (SSSR count). The second kappa shape index (κ2) is 6.43. The summed E-state index contributed by atoms with van der Waals surface area (Å²) in [6.07, 6.45) is 0. The van der Waals surface area contributed by atoms with Crippen molar-refractivity contribution in [2.24, 2.45) is 0 Å². The first-order valence-corrected chi connectivity index (χ1v) is 5.22. The van der Waals surface area contributed by atoms with Gasteiger partial charge in [-0.2, -0.15) is 0 Å². The fourth-order valence-corrected chi connectivity index (χ4v) is 1.34. The van der Waals surface area contributed by atoms with Crippen LogP contribution in [0.1, 0.15) is 13.8 Å². The third-order valence-corrected chi connectivity index (χ3v) is 1.95. The summed E-state index contributed by atoms with van der Waals surface area (Å²) >= 11 is 0. The topological polar surface area (TPSA) is 43.4 Å². The van der Waals surface area contributed by atoms with Crippen LogP contribution in [0, 0.1) is 0 Å². The lowest BCUT2D eigenvalue weighted by Crippen LogP contribution is -2.03. The normalized spacial score (nSPS) is 9.06. The molecule has 0 spiro atoms. The van der Waals surface area contributed by atoms with E-state index in [9.17, 15) is 9.59 Å². The van der Waals surface area contributed by atoms with Crippen LogP contribution in [0.4, 0.5) is 0 Å². The minimum absolute atomic E-state index is 0.562. The predicted octanol–water partition coefficient (Wildman–Crippen LogP) is 2.94. The molecule has 3 heteroatoms. The van der Waals surface area contributed by atoms with Crippen LogP contribution in [0.15, 0.2) is 48.5 Å². The van der Waals surface area contributed by atoms with E-state index in [4.69, 9.17) is 0 Å². The molecule has 0 aliphatic rings. The maximum absolute atomic E-state index is 9.81. The van der Waals surface area contributed by atoms with E-state index in [1.165, 1.54) is 24.6 Å². The Hall–Kier alpha value is -2.16. The maximum Gasteiger partial charge on any atom is 0.310 e. The second-order valence-corrected chi connectivity index (χ2v) is 3.43. The number of carbonyl (C=O) groups excluding carboxylic acids is 2. The zero-order valence-electron chi connectivity index (χ0n) is 9.84. The van der Waals surface area contributed by atoms with Crippen molar-refractivity contribution < 1.29 is 14.3 Å². The van der Waals surface area contributed by atoms with E-state index in [0.717, 1.165) is 0 Å². The number of ether oxygens (including phenoxy) is 1. The van der Waals surface area contributed by atoms with E-state index in [1.807, 2.05) is 0 Å². The van der Waals surface area contributed by atoms with E-state index in [0.29, 0.717) is 0 Å². The smallest absolute Gasteiger partial charge is 0.310 e. The third-order valence-electron chi connectivity index (χ3n) is 1.95. The van der Waals surface area contributed by atoms with Gasteiger partial charge in [0.1, 0.15) is 0 Å². The molecule has 0 unspecified atom stereocenters. The van der Waals surface area contributed by atoms with Crippen LogP contribution < -0.4 is 0 Å². The summed E-state index contributed by atoms with van der Waals surface area (Å²) in [6, 6.07) is 16.7. The molecule has 0 saturated heterocycles. The molecule has 0 heterocycles. The number of rotatable bonds is 0. The van der Waals surface area contributed by atoms with Crippen molar-refractivity contribution in [3.8, 4) is 0 Å². The lowest BCUT2D eigenvalue weighted by molar-refractivity contribution is -0.156. The van der Waals surface area contributed by atoms with Gasteiger partial charge in [-0.15, -0.1) is 0 Å². The van der Waals surface area contributed by atoms with Gasteiger partial charge in [0, 0.05) is 13.8 Å². The van der Waals surface area contributed by atoms with Crippen LogP contribution in [0.25, 0.3) is 10.8 Å². The number of hydrogen-bond acceptors (Lipinski definition) is 3. The van der Waals surface area contributed by atoms with E-state index in [1.54, 1.807) is 0 Å². The molecule has 2 aromatic rings. The highest BCUT2D eigenvalue weighted by atomic mass is 16.6. The van der Waals surface area contributed by atoms with Crippen LogP contribution in [-0.4, -0.2) is 11.9 Å². The van der Waals surface area contributed by atoms with Gasteiger partial charge >= 0.3 is 11.9 Å². The molecular weight excluding hydrogens is 216 g/mol. The monoisotopic (exact) mass is 230 g/mol. The molecule has 0 fully saturated rings. The molecular formula is C14H14O3. The minimum Gasteiger partial charge on any atom is -0.394 e. The molecule has 3 nitrogen and oxygen atoms in total. The fraction of sp³-hybridized carbons (Fsp3) is 0.143. The van der Waals surface area contributed by atoms with Crippen molar-refractivity contribution >= 4 is 22.7 Å². The SMILES string of the molecule is CC(=O)OC(C)=O.c1ccc2ccccc2c1. The summed E-state index contributed by atoms with van der Waals surface area (Å²) < 4.78 is 3.97. The summed E-state index contributed by atoms with van der Waals surface area (Å²) in [5.41, 5.74) is 0. The highest BCUT2D eigenvalue weighted by Crippen LogP contribution is 2.11. The number of esters is 2. The highest BCUT2D eigenvalue weighted by Gasteiger charge is 1.93. The Morgan fingerprint density at radius 3 is 1.24 bits per heavy atom. The molecule has 2 aromatic carbocycles. The van der Waals surface area contributed by atoms with E-state index >= 15 is 0 Å². The summed E-state index contributed by atoms with van der Waals surface area (Å²) in [6.45, 7) is 2.36. The first kappa shape index (κ1) is 12.9. The molecule has 0 N–H and O–H groups in total. The van der Waals surface area contributed by atoms with Gasteiger partial charge in [0.25, 0.3) is 0 Å². The average molecular weight is 230 g/mol. The summed E-state index contributed by atoms with van der Waals surface area (Å²) in [5, 5.41) is 2.62. The summed E-state index contributed by atoms with van der Waals surface area (Å²) in [4.78, 5) is 19.6.